The van der Waals surface area contributed by atoms with Gasteiger partial charge >= 0.3 is 0 Å². The summed E-state index contributed by atoms with van der Waals surface area (Å²) >= 11 is 0. The third-order valence-electron chi connectivity index (χ3n) is 3.90. The Balaban J connectivity index is 2.70. The van der Waals surface area contributed by atoms with E-state index in [0.717, 1.165) is 6.42 Å². The van der Waals surface area contributed by atoms with E-state index in [1.54, 1.807) is 6.92 Å². The first-order chi connectivity index (χ1) is 9.91. The first-order valence-electron chi connectivity index (χ1n) is 7.53. The molecule has 1 aromatic rings. The molecule has 0 aliphatic carbocycles. The van der Waals surface area contributed by atoms with E-state index in [-0.39, 0.29) is 29.8 Å². The molecule has 21 heavy (non-hydrogen) atoms. The van der Waals surface area contributed by atoms with Gasteiger partial charge < -0.3 is 10.6 Å². The Morgan fingerprint density at radius 3 is 2.24 bits per heavy atom. The zero-order valence-electron chi connectivity index (χ0n) is 13.4. The molecule has 0 aliphatic rings. The molecule has 0 aliphatic heterocycles. The minimum Gasteiger partial charge on any atom is -0.351 e. The maximum atomic E-state index is 12.0. The van der Waals surface area contributed by atoms with E-state index in [1.807, 2.05) is 18.2 Å². The third-order valence-corrected chi connectivity index (χ3v) is 3.90. The topological polar surface area (TPSA) is 58.2 Å². The predicted octanol–water partition coefficient (Wildman–Crippen LogP) is 2.39. The zero-order chi connectivity index (χ0) is 15.9. The molecule has 2 N–H and O–H groups in total. The van der Waals surface area contributed by atoms with Crippen molar-refractivity contribution >= 4 is 11.8 Å². The van der Waals surface area contributed by atoms with Crippen LogP contribution >= 0.6 is 0 Å². The Hall–Kier alpha value is -1.84. The fourth-order valence-electron chi connectivity index (χ4n) is 2.41. The third kappa shape index (κ3) is 4.88. The number of hydrogen-bond donors (Lipinski definition) is 2. The van der Waals surface area contributed by atoms with Crippen LogP contribution in [0.1, 0.15) is 46.1 Å². The van der Waals surface area contributed by atoms with Gasteiger partial charge in [-0.25, -0.2) is 0 Å². The zero-order valence-corrected chi connectivity index (χ0v) is 13.4. The van der Waals surface area contributed by atoms with Gasteiger partial charge in [0.15, 0.2) is 0 Å². The van der Waals surface area contributed by atoms with Gasteiger partial charge in [0.25, 0.3) is 0 Å². The van der Waals surface area contributed by atoms with Gasteiger partial charge in [0, 0.05) is 17.9 Å². The Morgan fingerprint density at radius 2 is 1.71 bits per heavy atom. The maximum absolute atomic E-state index is 12.0. The van der Waals surface area contributed by atoms with Crippen molar-refractivity contribution < 1.29 is 9.59 Å². The predicted molar refractivity (Wildman–Crippen MR) is 85.0 cm³/mol. The van der Waals surface area contributed by atoms with Crippen LogP contribution in [-0.2, 0) is 15.0 Å². The second kappa shape index (κ2) is 7.81. The summed E-state index contributed by atoms with van der Waals surface area (Å²) in [6.07, 6.45) is 1.22. The second-order valence-electron chi connectivity index (χ2n) is 5.75. The summed E-state index contributed by atoms with van der Waals surface area (Å²) in [5.41, 5.74) is 1.02. The lowest BCUT2D eigenvalue weighted by Crippen LogP contribution is -2.49. The molecule has 1 aromatic carbocycles. The summed E-state index contributed by atoms with van der Waals surface area (Å²) in [6.45, 7) is 8.11. The molecule has 0 spiro atoms. The van der Waals surface area contributed by atoms with Crippen LogP contribution in [0.15, 0.2) is 30.3 Å². The van der Waals surface area contributed by atoms with E-state index in [1.165, 1.54) is 5.56 Å². The molecule has 4 heteroatoms. The molecule has 0 saturated heterocycles. The molecule has 0 radical (unpaired) electrons. The van der Waals surface area contributed by atoms with Gasteiger partial charge in [-0.3, -0.25) is 9.59 Å². The maximum Gasteiger partial charge on any atom is 0.239 e. The monoisotopic (exact) mass is 290 g/mol. The quantitative estimate of drug-likeness (QED) is 0.810. The number of carbonyl (C=O) groups is 2. The van der Waals surface area contributed by atoms with Gasteiger partial charge in [0.1, 0.15) is 0 Å². The molecular weight excluding hydrogens is 264 g/mol. The molecule has 0 fully saturated rings. The van der Waals surface area contributed by atoms with Crippen molar-refractivity contribution in [2.45, 2.75) is 52.0 Å². The van der Waals surface area contributed by atoms with Gasteiger partial charge in [0.05, 0.1) is 6.54 Å². The van der Waals surface area contributed by atoms with Gasteiger partial charge in [-0.05, 0) is 12.0 Å². The Kier molecular flexibility index (Phi) is 6.40. The van der Waals surface area contributed by atoms with Crippen LogP contribution in [0.5, 0.6) is 0 Å². The van der Waals surface area contributed by atoms with E-state index < -0.39 is 0 Å². The molecule has 1 unspecified atom stereocenters. The summed E-state index contributed by atoms with van der Waals surface area (Å²) < 4.78 is 0. The second-order valence-corrected chi connectivity index (χ2v) is 5.75. The van der Waals surface area contributed by atoms with Gasteiger partial charge in [-0.2, -0.15) is 0 Å². The Labute approximate surface area is 127 Å². The molecule has 2 amide bonds. The molecule has 1 atom stereocenters. The van der Waals surface area contributed by atoms with Crippen LogP contribution in [0.3, 0.4) is 0 Å². The van der Waals surface area contributed by atoms with Gasteiger partial charge in [0.2, 0.25) is 11.8 Å². The molecular formula is C17H26N2O2. The van der Waals surface area contributed by atoms with E-state index in [4.69, 9.17) is 0 Å². The van der Waals surface area contributed by atoms with E-state index in [2.05, 4.69) is 43.5 Å². The molecule has 0 bridgehead atoms. The van der Waals surface area contributed by atoms with E-state index in [9.17, 15) is 9.59 Å². The fraction of sp³-hybridized carbons (Fsp3) is 0.529. The minimum atomic E-state index is -0.166. The number of carbonyl (C=O) groups excluding carboxylic acids is 2. The minimum absolute atomic E-state index is 0.0194. The normalized spacial score (nSPS) is 12.6. The van der Waals surface area contributed by atoms with Crippen molar-refractivity contribution in [2.24, 2.45) is 0 Å². The van der Waals surface area contributed by atoms with Gasteiger partial charge in [-0.1, -0.05) is 58.0 Å². The highest BCUT2D eigenvalue weighted by molar-refractivity contribution is 5.84. The highest BCUT2D eigenvalue weighted by Crippen LogP contribution is 2.28. The lowest BCUT2D eigenvalue weighted by atomic mass is 9.76. The van der Waals surface area contributed by atoms with Crippen LogP contribution in [-0.4, -0.2) is 24.4 Å². The number of nitrogens with one attached hydrogen (secondary N) is 2. The van der Waals surface area contributed by atoms with E-state index in [0.29, 0.717) is 6.42 Å². The smallest absolute Gasteiger partial charge is 0.239 e. The highest BCUT2D eigenvalue weighted by Gasteiger charge is 2.31. The SMILES string of the molecule is CCC(=O)NCC(=O)NC(CC)C(C)(C)c1ccccc1. The van der Waals surface area contributed by atoms with Crippen LogP contribution in [0.25, 0.3) is 0 Å². The fourth-order valence-corrected chi connectivity index (χ4v) is 2.41. The van der Waals surface area contributed by atoms with Crippen molar-refractivity contribution in [2.75, 3.05) is 6.54 Å². The lowest BCUT2D eigenvalue weighted by Gasteiger charge is -2.35. The summed E-state index contributed by atoms with van der Waals surface area (Å²) in [6, 6.07) is 10.2. The molecule has 116 valence electrons. The van der Waals surface area contributed by atoms with E-state index >= 15 is 0 Å². The molecule has 0 heterocycles. The van der Waals surface area contributed by atoms with Crippen LogP contribution in [0.2, 0.25) is 0 Å². The number of amides is 2. The molecule has 1 rings (SSSR count). The molecule has 4 nitrogen and oxygen atoms in total. The summed E-state index contributed by atoms with van der Waals surface area (Å²) in [5, 5.41) is 5.63. The van der Waals surface area contributed by atoms with Crippen LogP contribution < -0.4 is 10.6 Å². The average molecular weight is 290 g/mol. The summed E-state index contributed by atoms with van der Waals surface area (Å²) in [4.78, 5) is 23.2. The first kappa shape index (κ1) is 17.2. The van der Waals surface area contributed by atoms with Crippen molar-refractivity contribution in [3.05, 3.63) is 35.9 Å². The summed E-state index contributed by atoms with van der Waals surface area (Å²) in [7, 11) is 0. The highest BCUT2D eigenvalue weighted by atomic mass is 16.2. The summed E-state index contributed by atoms with van der Waals surface area (Å²) in [5.74, 6) is -0.256. The number of rotatable bonds is 7. The largest absolute Gasteiger partial charge is 0.351 e. The van der Waals surface area contributed by atoms with Crippen molar-refractivity contribution in [3.63, 3.8) is 0 Å². The van der Waals surface area contributed by atoms with Crippen molar-refractivity contribution in [1.29, 1.82) is 0 Å². The lowest BCUT2D eigenvalue weighted by molar-refractivity contribution is -0.126. The van der Waals surface area contributed by atoms with Crippen molar-refractivity contribution in [3.8, 4) is 0 Å². The standard InChI is InChI=1S/C17H26N2O2/c1-5-14(19-16(21)12-18-15(20)6-2)17(3,4)13-10-8-7-9-11-13/h7-11,14H,5-6,12H2,1-4H3,(H,18,20)(H,19,21). The molecule has 0 aromatic heterocycles. The number of hydrogen-bond acceptors (Lipinski definition) is 2. The average Bonchev–Trinajstić information content (AvgIpc) is 2.50. The van der Waals surface area contributed by atoms with Crippen molar-refractivity contribution in [1.82, 2.24) is 10.6 Å². The Bertz CT molecular complexity index is 469. The Morgan fingerprint density at radius 1 is 1.10 bits per heavy atom. The first-order valence-corrected chi connectivity index (χ1v) is 7.53. The van der Waals surface area contributed by atoms with Crippen LogP contribution in [0.4, 0.5) is 0 Å². The number of benzene rings is 1. The molecule has 0 saturated carbocycles. The van der Waals surface area contributed by atoms with Gasteiger partial charge in [-0.15, -0.1) is 0 Å². The van der Waals surface area contributed by atoms with Crippen LogP contribution in [0, 0.1) is 0 Å².